The Bertz CT molecular complexity index is 1290. The quantitative estimate of drug-likeness (QED) is 0.490. The molecule has 1 unspecified atom stereocenters. The van der Waals surface area contributed by atoms with Gasteiger partial charge in [0.05, 0.1) is 29.4 Å². The molecule has 1 aromatic heterocycles. The topological polar surface area (TPSA) is 78.7 Å². The molecule has 0 saturated carbocycles. The van der Waals surface area contributed by atoms with Crippen LogP contribution >= 0.6 is 0 Å². The molecule has 2 aromatic carbocycles. The van der Waals surface area contributed by atoms with Crippen LogP contribution in [-0.4, -0.2) is 68.7 Å². The molecule has 1 amide bonds. The molecule has 3 aromatic rings. The molecule has 0 radical (unpaired) electrons. The fourth-order valence-electron chi connectivity index (χ4n) is 5.88. The normalized spacial score (nSPS) is 18.9. The van der Waals surface area contributed by atoms with Crippen molar-refractivity contribution in [2.24, 2.45) is 0 Å². The summed E-state index contributed by atoms with van der Waals surface area (Å²) in [5, 5.41) is 11.9. The summed E-state index contributed by atoms with van der Waals surface area (Å²) >= 11 is 0. The molecule has 0 aliphatic carbocycles. The third kappa shape index (κ3) is 6.33. The average molecular weight is 517 g/mol. The van der Waals surface area contributed by atoms with Crippen molar-refractivity contribution in [1.82, 2.24) is 19.4 Å². The molecule has 3 heterocycles. The summed E-state index contributed by atoms with van der Waals surface area (Å²) in [7, 11) is 0. The fraction of sp³-hybridized carbons (Fsp3) is 0.516. The first-order valence-electron chi connectivity index (χ1n) is 14.2. The minimum absolute atomic E-state index is 0.115. The molecular weight excluding hydrogens is 476 g/mol. The Morgan fingerprint density at radius 2 is 1.76 bits per heavy atom. The molecule has 7 nitrogen and oxygen atoms in total. The van der Waals surface area contributed by atoms with Gasteiger partial charge in [0.2, 0.25) is 5.91 Å². The molecule has 0 spiro atoms. The first-order chi connectivity index (χ1) is 18.4. The van der Waals surface area contributed by atoms with E-state index in [0.29, 0.717) is 43.3 Å². The van der Waals surface area contributed by atoms with E-state index in [1.165, 1.54) is 42.5 Å². The molecule has 2 aliphatic heterocycles. The summed E-state index contributed by atoms with van der Waals surface area (Å²) in [4.78, 5) is 35.1. The largest absolute Gasteiger partial charge is 0.388 e. The molecule has 2 saturated heterocycles. The van der Waals surface area contributed by atoms with Crippen LogP contribution in [0.25, 0.3) is 10.9 Å². The zero-order chi connectivity index (χ0) is 26.5. The van der Waals surface area contributed by atoms with E-state index in [9.17, 15) is 14.7 Å². The van der Waals surface area contributed by atoms with E-state index in [1.807, 2.05) is 41.3 Å². The van der Waals surface area contributed by atoms with E-state index in [1.54, 1.807) is 6.33 Å². The summed E-state index contributed by atoms with van der Waals surface area (Å²) in [5.74, 6) is 0.265. The minimum Gasteiger partial charge on any atom is -0.388 e. The lowest BCUT2D eigenvalue weighted by Gasteiger charge is -2.38. The van der Waals surface area contributed by atoms with Crippen LogP contribution in [0.15, 0.2) is 59.7 Å². The average Bonchev–Trinajstić information content (AvgIpc) is 2.95. The van der Waals surface area contributed by atoms with Crippen molar-refractivity contribution in [2.75, 3.05) is 32.7 Å². The van der Waals surface area contributed by atoms with Gasteiger partial charge in [-0.05, 0) is 74.4 Å². The van der Waals surface area contributed by atoms with E-state index >= 15 is 0 Å². The number of aliphatic hydroxyl groups is 1. The first-order valence-corrected chi connectivity index (χ1v) is 14.2. The number of piperidine rings is 2. The van der Waals surface area contributed by atoms with Crippen LogP contribution in [0.3, 0.4) is 0 Å². The summed E-state index contributed by atoms with van der Waals surface area (Å²) < 4.78 is 1.53. The lowest BCUT2D eigenvalue weighted by Crippen LogP contribution is -2.49. The molecule has 202 valence electrons. The van der Waals surface area contributed by atoms with Crippen molar-refractivity contribution in [1.29, 1.82) is 0 Å². The number of nitrogens with zero attached hydrogens (tertiary/aromatic N) is 4. The van der Waals surface area contributed by atoms with Crippen molar-refractivity contribution >= 4 is 16.8 Å². The van der Waals surface area contributed by atoms with Crippen LogP contribution < -0.4 is 5.56 Å². The highest BCUT2D eigenvalue weighted by atomic mass is 16.3. The Morgan fingerprint density at radius 3 is 2.50 bits per heavy atom. The minimum atomic E-state index is -1.03. The van der Waals surface area contributed by atoms with Gasteiger partial charge in [0, 0.05) is 26.1 Å². The molecule has 1 N–H and O–H groups in total. The number of carbonyl (C=O) groups is 1. The van der Waals surface area contributed by atoms with E-state index in [2.05, 4.69) is 28.9 Å². The van der Waals surface area contributed by atoms with E-state index in [0.717, 1.165) is 18.5 Å². The van der Waals surface area contributed by atoms with Crippen molar-refractivity contribution in [3.8, 4) is 0 Å². The van der Waals surface area contributed by atoms with Gasteiger partial charge in [-0.25, -0.2) is 4.98 Å². The lowest BCUT2D eigenvalue weighted by molar-refractivity contribution is -0.136. The Balaban J connectivity index is 1.17. The second-order valence-corrected chi connectivity index (χ2v) is 11.3. The number of rotatable bonds is 8. The van der Waals surface area contributed by atoms with Gasteiger partial charge in [-0.2, -0.15) is 0 Å². The molecule has 0 bridgehead atoms. The molecular formula is C31H40N4O3. The summed E-state index contributed by atoms with van der Waals surface area (Å²) in [5.41, 5.74) is 1.91. The number of hydrogen-bond acceptors (Lipinski definition) is 5. The molecule has 5 rings (SSSR count). The smallest absolute Gasteiger partial charge is 0.261 e. The van der Waals surface area contributed by atoms with Gasteiger partial charge < -0.3 is 14.9 Å². The lowest BCUT2D eigenvalue weighted by atomic mass is 9.90. The van der Waals surface area contributed by atoms with Crippen LogP contribution in [0.5, 0.6) is 0 Å². The second kappa shape index (κ2) is 11.8. The zero-order valence-electron chi connectivity index (χ0n) is 22.5. The van der Waals surface area contributed by atoms with Gasteiger partial charge in [0.25, 0.3) is 5.56 Å². The van der Waals surface area contributed by atoms with Crippen molar-refractivity contribution in [3.05, 3.63) is 76.3 Å². The predicted molar refractivity (Wildman–Crippen MR) is 150 cm³/mol. The van der Waals surface area contributed by atoms with Crippen LogP contribution in [0.2, 0.25) is 0 Å². The van der Waals surface area contributed by atoms with Gasteiger partial charge in [-0.3, -0.25) is 14.2 Å². The Hall–Kier alpha value is -3.03. The number of amides is 1. The summed E-state index contributed by atoms with van der Waals surface area (Å²) in [6.07, 6.45) is 7.77. The fourth-order valence-corrected chi connectivity index (χ4v) is 5.88. The SMILES string of the molecule is CC(CC(=O)N1CCC(O)(Cn2cnc3cc(CCN4CCCCC4)ccc3c2=O)CC1)c1ccccc1. The standard InChI is InChI=1S/C31H40N4O3/c1-24(26-8-4-2-5-9-26)20-29(36)34-18-13-31(38,14-19-34)22-35-23-32-28-21-25(10-11-27(28)30(35)37)12-17-33-15-6-3-7-16-33/h2,4-5,8-11,21,23-24,38H,3,6-7,12-20,22H2,1H3. The number of likely N-dealkylation sites (tertiary alicyclic amines) is 2. The molecule has 2 fully saturated rings. The maximum Gasteiger partial charge on any atom is 0.261 e. The van der Waals surface area contributed by atoms with Gasteiger partial charge in [0.15, 0.2) is 0 Å². The Kier molecular flexibility index (Phi) is 8.24. The third-order valence-electron chi connectivity index (χ3n) is 8.42. The number of carbonyl (C=O) groups excluding carboxylic acids is 1. The van der Waals surface area contributed by atoms with Crippen molar-refractivity contribution in [3.63, 3.8) is 0 Å². The number of benzene rings is 2. The number of fused-ring (bicyclic) bond motifs is 1. The van der Waals surface area contributed by atoms with Crippen LogP contribution in [-0.2, 0) is 17.8 Å². The van der Waals surface area contributed by atoms with E-state index in [-0.39, 0.29) is 23.9 Å². The maximum absolute atomic E-state index is 13.2. The number of aromatic nitrogens is 2. The third-order valence-corrected chi connectivity index (χ3v) is 8.42. The summed E-state index contributed by atoms with van der Waals surface area (Å²) in [6, 6.07) is 16.0. The molecule has 2 aliphatic rings. The van der Waals surface area contributed by atoms with Crippen LogP contribution in [0, 0.1) is 0 Å². The molecule has 1 atom stereocenters. The number of hydrogen-bond donors (Lipinski definition) is 1. The Labute approximate surface area is 225 Å². The van der Waals surface area contributed by atoms with Crippen molar-refractivity contribution in [2.45, 2.75) is 69.9 Å². The van der Waals surface area contributed by atoms with Gasteiger partial charge >= 0.3 is 0 Å². The highest BCUT2D eigenvalue weighted by Crippen LogP contribution is 2.26. The van der Waals surface area contributed by atoms with Gasteiger partial charge in [-0.1, -0.05) is 49.7 Å². The van der Waals surface area contributed by atoms with Crippen LogP contribution in [0.4, 0.5) is 0 Å². The Morgan fingerprint density at radius 1 is 1.03 bits per heavy atom. The van der Waals surface area contributed by atoms with Crippen molar-refractivity contribution < 1.29 is 9.90 Å². The second-order valence-electron chi connectivity index (χ2n) is 11.3. The predicted octanol–water partition coefficient (Wildman–Crippen LogP) is 3.97. The van der Waals surface area contributed by atoms with Gasteiger partial charge in [-0.15, -0.1) is 0 Å². The van der Waals surface area contributed by atoms with E-state index in [4.69, 9.17) is 0 Å². The van der Waals surface area contributed by atoms with Crippen LogP contribution in [0.1, 0.15) is 62.5 Å². The highest BCUT2D eigenvalue weighted by molar-refractivity contribution is 5.78. The first kappa shape index (κ1) is 26.6. The van der Waals surface area contributed by atoms with E-state index < -0.39 is 5.60 Å². The summed E-state index contributed by atoms with van der Waals surface area (Å²) in [6.45, 7) is 6.65. The molecule has 38 heavy (non-hydrogen) atoms. The molecule has 7 heteroatoms. The van der Waals surface area contributed by atoms with Gasteiger partial charge in [0.1, 0.15) is 0 Å². The maximum atomic E-state index is 13.2. The zero-order valence-corrected chi connectivity index (χ0v) is 22.5. The monoisotopic (exact) mass is 516 g/mol. The highest BCUT2D eigenvalue weighted by Gasteiger charge is 2.35.